The van der Waals surface area contributed by atoms with E-state index in [2.05, 4.69) is 49.4 Å². The van der Waals surface area contributed by atoms with Gasteiger partial charge in [0.05, 0.1) is 17.5 Å². The fourth-order valence-electron chi connectivity index (χ4n) is 7.77. The molecule has 2 aromatic carbocycles. The molecule has 2 aliphatic heterocycles. The van der Waals surface area contributed by atoms with Gasteiger partial charge in [-0.25, -0.2) is 4.21 Å². The van der Waals surface area contributed by atoms with Gasteiger partial charge in [-0.05, 0) is 97.7 Å². The number of hydrogen-bond donors (Lipinski definition) is 1. The first-order valence-electron chi connectivity index (χ1n) is 15.6. The minimum absolute atomic E-state index is 0.108. The smallest absolute Gasteiger partial charge is 0.263 e. The molecule has 2 bridgehead atoms. The molecular weight excluding hydrogens is 552 g/mol. The second kappa shape index (κ2) is 12.7. The number of halogens is 1. The molecule has 41 heavy (non-hydrogen) atoms. The number of fused-ring (bicyclic) bond motifs is 3. The first-order chi connectivity index (χ1) is 19.6. The highest BCUT2D eigenvalue weighted by Crippen LogP contribution is 2.45. The Morgan fingerprint density at radius 3 is 2.61 bits per heavy atom. The monoisotopic (exact) mass is 598 g/mol. The van der Waals surface area contributed by atoms with Crippen LogP contribution in [0.1, 0.15) is 94.6 Å². The van der Waals surface area contributed by atoms with E-state index in [1.807, 2.05) is 31.2 Å². The van der Waals surface area contributed by atoms with Crippen molar-refractivity contribution in [3.63, 3.8) is 0 Å². The van der Waals surface area contributed by atoms with Gasteiger partial charge in [-0.1, -0.05) is 64.6 Å². The predicted molar refractivity (Wildman–Crippen MR) is 170 cm³/mol. The third kappa shape index (κ3) is 6.34. The van der Waals surface area contributed by atoms with Crippen molar-refractivity contribution >= 4 is 34.2 Å². The van der Waals surface area contributed by atoms with Gasteiger partial charge in [0, 0.05) is 29.1 Å². The standard InChI is InChI=1S/C34H47ClN2O3S/c1-6-29-23(3)10-7-9-22(2)25(5)41(39)36-33(38)27-12-15-32-31(18-27)37(19-24(29)4)20-34(21-40-32)16-8-11-26-17-28(35)13-14-30(26)34/h12-15,17-18,22-25,29H,6-11,16,19-21H2,1-5H3,(H,36,38)/t22?,23?,24?,25?,29?,34-,41?/m0/s1. The van der Waals surface area contributed by atoms with Gasteiger partial charge in [0.1, 0.15) is 16.7 Å². The number of amides is 1. The average Bonchev–Trinajstić information content (AvgIpc) is 3.09. The van der Waals surface area contributed by atoms with Gasteiger partial charge in [0.25, 0.3) is 5.91 Å². The van der Waals surface area contributed by atoms with E-state index in [4.69, 9.17) is 16.3 Å². The number of anilines is 1. The molecule has 0 aromatic heterocycles. The molecule has 1 amide bonds. The molecular formula is C34H47ClN2O3S. The van der Waals surface area contributed by atoms with Crippen molar-refractivity contribution in [1.82, 2.24) is 4.72 Å². The Kier molecular flexibility index (Phi) is 9.40. The SMILES string of the molecule is CCC1C(C)CCCC(C)C(C)S(=O)NC(=O)c2ccc3c(c2)N(CC1C)C[C@@]1(CCCc2cc(Cl)ccc21)CO3. The lowest BCUT2D eigenvalue weighted by Crippen LogP contribution is -2.47. The Morgan fingerprint density at radius 2 is 1.83 bits per heavy atom. The summed E-state index contributed by atoms with van der Waals surface area (Å²) in [6.07, 6.45) is 7.63. The maximum atomic E-state index is 13.4. The van der Waals surface area contributed by atoms with Crippen LogP contribution in [-0.4, -0.2) is 35.1 Å². The Labute approximate surface area is 254 Å². The molecule has 1 N–H and O–H groups in total. The van der Waals surface area contributed by atoms with E-state index in [0.29, 0.717) is 29.9 Å². The number of benzene rings is 2. The van der Waals surface area contributed by atoms with Crippen LogP contribution in [0.3, 0.4) is 0 Å². The van der Waals surface area contributed by atoms with Crippen LogP contribution in [-0.2, 0) is 22.8 Å². The molecule has 2 aromatic rings. The summed E-state index contributed by atoms with van der Waals surface area (Å²) in [7, 11) is -1.45. The van der Waals surface area contributed by atoms with Crippen molar-refractivity contribution in [2.24, 2.45) is 23.7 Å². The number of ether oxygens (including phenoxy) is 1. The Morgan fingerprint density at radius 1 is 1.05 bits per heavy atom. The summed E-state index contributed by atoms with van der Waals surface area (Å²) in [5, 5.41) is 0.678. The number of carbonyl (C=O) groups is 1. The Balaban J connectivity index is 1.57. The van der Waals surface area contributed by atoms with E-state index < -0.39 is 11.0 Å². The third-order valence-corrected chi connectivity index (χ3v) is 12.2. The highest BCUT2D eigenvalue weighted by Gasteiger charge is 2.42. The molecule has 0 radical (unpaired) electrons. The van der Waals surface area contributed by atoms with Gasteiger partial charge in [-0.3, -0.25) is 9.52 Å². The number of hydrogen-bond acceptors (Lipinski definition) is 4. The number of nitrogens with zero attached hydrogens (tertiary/aromatic N) is 1. The van der Waals surface area contributed by atoms with E-state index >= 15 is 0 Å². The van der Waals surface area contributed by atoms with Crippen LogP contribution in [0.2, 0.25) is 5.02 Å². The van der Waals surface area contributed by atoms with Crippen LogP contribution in [0.25, 0.3) is 0 Å². The summed E-state index contributed by atoms with van der Waals surface area (Å²) in [4.78, 5) is 15.9. The summed E-state index contributed by atoms with van der Waals surface area (Å²) in [6.45, 7) is 13.6. The first-order valence-corrected chi connectivity index (χ1v) is 17.2. The first kappa shape index (κ1) is 30.4. The van der Waals surface area contributed by atoms with E-state index in [1.165, 1.54) is 17.5 Å². The molecule has 0 saturated heterocycles. The fourth-order valence-corrected chi connectivity index (χ4v) is 9.01. The van der Waals surface area contributed by atoms with Gasteiger partial charge < -0.3 is 9.64 Å². The summed E-state index contributed by atoms with van der Waals surface area (Å²) >= 11 is 6.43. The quantitative estimate of drug-likeness (QED) is 0.365. The number of aryl methyl sites for hydroxylation is 1. The zero-order valence-electron chi connectivity index (χ0n) is 25.4. The molecule has 6 unspecified atom stereocenters. The minimum Gasteiger partial charge on any atom is -0.490 e. The summed E-state index contributed by atoms with van der Waals surface area (Å²) in [5.41, 5.74) is 4.01. The Bertz CT molecular complexity index is 1280. The highest BCUT2D eigenvalue weighted by atomic mass is 35.5. The lowest BCUT2D eigenvalue weighted by molar-refractivity contribution is 0.0982. The second-order valence-electron chi connectivity index (χ2n) is 13.2. The molecule has 224 valence electrons. The van der Waals surface area contributed by atoms with Crippen molar-refractivity contribution in [2.75, 3.05) is 24.6 Å². The zero-order chi connectivity index (χ0) is 29.3. The lowest BCUT2D eigenvalue weighted by Gasteiger charge is -2.42. The van der Waals surface area contributed by atoms with E-state index in [0.717, 1.165) is 68.1 Å². The summed E-state index contributed by atoms with van der Waals surface area (Å²) in [6, 6.07) is 12.1. The summed E-state index contributed by atoms with van der Waals surface area (Å²) in [5.74, 6) is 2.47. The fraction of sp³-hybridized carbons (Fsp3) is 0.618. The highest BCUT2D eigenvalue weighted by molar-refractivity contribution is 7.84. The average molecular weight is 599 g/mol. The largest absolute Gasteiger partial charge is 0.490 e. The molecule has 5 nitrogen and oxygen atoms in total. The number of carbonyl (C=O) groups excluding carboxylic acids is 1. The van der Waals surface area contributed by atoms with Gasteiger partial charge >= 0.3 is 0 Å². The van der Waals surface area contributed by atoms with Gasteiger partial charge in [0.2, 0.25) is 0 Å². The number of rotatable bonds is 1. The molecule has 5 rings (SSSR count). The van der Waals surface area contributed by atoms with Crippen LogP contribution in [0.4, 0.5) is 5.69 Å². The van der Waals surface area contributed by atoms with Crippen molar-refractivity contribution in [3.8, 4) is 5.75 Å². The molecule has 7 heteroatoms. The Hall–Kier alpha value is -2.05. The van der Waals surface area contributed by atoms with Crippen molar-refractivity contribution in [2.45, 2.75) is 90.2 Å². The van der Waals surface area contributed by atoms with E-state index in [1.54, 1.807) is 0 Å². The summed E-state index contributed by atoms with van der Waals surface area (Å²) < 4.78 is 22.6. The maximum Gasteiger partial charge on any atom is 0.263 e. The molecule has 2 heterocycles. The van der Waals surface area contributed by atoms with Crippen molar-refractivity contribution < 1.29 is 13.7 Å². The van der Waals surface area contributed by atoms with Crippen LogP contribution in [0.15, 0.2) is 36.4 Å². The van der Waals surface area contributed by atoms with Crippen molar-refractivity contribution in [3.05, 3.63) is 58.1 Å². The van der Waals surface area contributed by atoms with Crippen LogP contribution >= 0.6 is 11.6 Å². The molecule has 1 aliphatic carbocycles. The number of nitrogens with one attached hydrogen (secondary N) is 1. The van der Waals surface area contributed by atoms with Crippen LogP contribution in [0.5, 0.6) is 5.75 Å². The topological polar surface area (TPSA) is 58.6 Å². The van der Waals surface area contributed by atoms with Gasteiger partial charge in [-0.2, -0.15) is 0 Å². The van der Waals surface area contributed by atoms with E-state index in [9.17, 15) is 9.00 Å². The van der Waals surface area contributed by atoms with Gasteiger partial charge in [-0.15, -0.1) is 0 Å². The maximum absolute atomic E-state index is 13.4. The zero-order valence-corrected chi connectivity index (χ0v) is 27.0. The third-order valence-electron chi connectivity index (χ3n) is 10.4. The van der Waals surface area contributed by atoms with Crippen LogP contribution < -0.4 is 14.4 Å². The molecule has 3 aliphatic rings. The van der Waals surface area contributed by atoms with E-state index in [-0.39, 0.29) is 22.5 Å². The molecule has 1 spiro atoms. The lowest BCUT2D eigenvalue weighted by atomic mass is 9.70. The normalized spacial score (nSPS) is 32.9. The molecule has 0 saturated carbocycles. The minimum atomic E-state index is -1.45. The molecule has 0 fully saturated rings. The van der Waals surface area contributed by atoms with Crippen LogP contribution in [0, 0.1) is 23.7 Å². The van der Waals surface area contributed by atoms with Crippen molar-refractivity contribution in [1.29, 1.82) is 0 Å². The molecule has 7 atom stereocenters. The predicted octanol–water partition coefficient (Wildman–Crippen LogP) is 7.71. The van der Waals surface area contributed by atoms with Gasteiger partial charge in [0.15, 0.2) is 0 Å². The second-order valence-corrected chi connectivity index (χ2v) is 15.1.